The number of hydrogen-bond acceptors (Lipinski definition) is 6. The Morgan fingerprint density at radius 3 is 2.41 bits per heavy atom. The third-order valence-corrected chi connectivity index (χ3v) is 6.06. The van der Waals surface area contributed by atoms with Gasteiger partial charge in [-0.2, -0.15) is 8.42 Å². The number of halogens is 3. The Bertz CT molecular complexity index is 1130. The van der Waals surface area contributed by atoms with Crippen LogP contribution in [0, 0.1) is 0 Å². The molecule has 0 saturated carbocycles. The van der Waals surface area contributed by atoms with Crippen molar-refractivity contribution in [2.75, 3.05) is 5.73 Å². The van der Waals surface area contributed by atoms with Gasteiger partial charge in [0.25, 0.3) is 10.0 Å². The summed E-state index contributed by atoms with van der Waals surface area (Å²) in [5, 5.41) is 4.21. The third-order valence-electron chi connectivity index (χ3n) is 3.37. The summed E-state index contributed by atoms with van der Waals surface area (Å²) in [4.78, 5) is 12.2. The van der Waals surface area contributed by atoms with E-state index in [4.69, 9.17) is 33.7 Å². The lowest BCUT2D eigenvalue weighted by atomic mass is 10.2. The van der Waals surface area contributed by atoms with Crippen LogP contribution < -0.4 is 10.5 Å². The minimum Gasteiger partial charge on any atom is -0.402 e. The van der Waals surface area contributed by atoms with Gasteiger partial charge in [-0.05, 0) is 42.5 Å². The van der Waals surface area contributed by atoms with Crippen molar-refractivity contribution in [2.45, 2.75) is 4.90 Å². The van der Waals surface area contributed by atoms with Crippen LogP contribution in [0.4, 0.5) is 5.82 Å². The molecule has 0 aliphatic rings. The summed E-state index contributed by atoms with van der Waals surface area (Å²) in [6.45, 7) is 0. The molecule has 2 N–H and O–H groups in total. The molecule has 3 aromatic rings. The number of esters is 1. The number of anilines is 1. The molecule has 0 atom stereocenters. The summed E-state index contributed by atoms with van der Waals surface area (Å²) >= 11 is 15.0. The Morgan fingerprint density at radius 1 is 1.11 bits per heavy atom. The average Bonchev–Trinajstić information content (AvgIpc) is 2.96. The molecule has 3 rings (SSSR count). The maximum absolute atomic E-state index is 12.7. The lowest BCUT2D eigenvalue weighted by Gasteiger charge is -2.06. The summed E-state index contributed by atoms with van der Waals surface area (Å²) in [6, 6.07) is 11.3. The number of nitrogen functional groups attached to an aromatic ring is 1. The first kappa shape index (κ1) is 19.7. The average molecular weight is 491 g/mol. The van der Waals surface area contributed by atoms with Crippen LogP contribution in [0.2, 0.25) is 10.0 Å². The van der Waals surface area contributed by atoms with Crippen molar-refractivity contribution >= 4 is 60.9 Å². The molecular weight excluding hydrogens is 481 g/mol. The summed E-state index contributed by atoms with van der Waals surface area (Å²) in [7, 11) is -4.05. The van der Waals surface area contributed by atoms with Gasteiger partial charge in [-0.1, -0.05) is 39.1 Å². The molecule has 0 spiro atoms. The first-order valence-electron chi connectivity index (χ1n) is 7.22. The van der Waals surface area contributed by atoms with E-state index in [1.165, 1.54) is 30.3 Å². The molecule has 27 heavy (non-hydrogen) atoms. The predicted octanol–water partition coefficient (Wildman–Crippen LogP) is 3.99. The molecule has 7 nitrogen and oxygen atoms in total. The summed E-state index contributed by atoms with van der Waals surface area (Å²) < 4.78 is 31.7. The number of carbonyl (C=O) groups excluding carboxylic acids is 1. The number of nitrogens with two attached hydrogens (primary N) is 1. The van der Waals surface area contributed by atoms with Crippen LogP contribution in [-0.2, 0) is 10.0 Å². The third kappa shape index (κ3) is 4.11. The van der Waals surface area contributed by atoms with E-state index in [0.717, 1.165) is 6.07 Å². The van der Waals surface area contributed by atoms with Crippen molar-refractivity contribution in [3.05, 3.63) is 68.6 Å². The largest absolute Gasteiger partial charge is 0.402 e. The van der Waals surface area contributed by atoms with E-state index in [2.05, 4.69) is 21.0 Å². The van der Waals surface area contributed by atoms with Crippen molar-refractivity contribution in [1.82, 2.24) is 9.19 Å². The van der Waals surface area contributed by atoms with Gasteiger partial charge >= 0.3 is 5.97 Å². The molecule has 0 saturated heterocycles. The maximum Gasteiger partial charge on any atom is 0.346 e. The topological polar surface area (TPSA) is 104 Å². The Balaban J connectivity index is 1.90. The van der Waals surface area contributed by atoms with Gasteiger partial charge in [-0.3, -0.25) is 0 Å². The van der Waals surface area contributed by atoms with Crippen LogP contribution in [0.1, 0.15) is 10.4 Å². The van der Waals surface area contributed by atoms with Gasteiger partial charge in [0.1, 0.15) is 5.82 Å². The van der Waals surface area contributed by atoms with Crippen LogP contribution in [0.25, 0.3) is 0 Å². The Labute approximate surface area is 172 Å². The van der Waals surface area contributed by atoms with Crippen molar-refractivity contribution in [2.24, 2.45) is 0 Å². The molecule has 0 aliphatic carbocycles. The second kappa shape index (κ2) is 7.51. The van der Waals surface area contributed by atoms with Crippen molar-refractivity contribution in [3.8, 4) is 5.88 Å². The van der Waals surface area contributed by atoms with Gasteiger partial charge in [-0.25, -0.2) is 4.79 Å². The van der Waals surface area contributed by atoms with Crippen LogP contribution in [0.3, 0.4) is 0 Å². The minimum absolute atomic E-state index is 0.0286. The highest BCUT2D eigenvalue weighted by molar-refractivity contribution is 9.10. The molecule has 0 bridgehead atoms. The SMILES string of the molecule is Nc1cc(OC(=O)c2ccc(Cl)cc2Cl)nn1S(=O)(=O)c1ccc(Br)cc1. The van der Waals surface area contributed by atoms with Crippen LogP contribution in [0.5, 0.6) is 5.88 Å². The number of carbonyl (C=O) groups is 1. The molecular formula is C16H10BrCl2N3O4S. The summed E-state index contributed by atoms with van der Waals surface area (Å²) in [6.07, 6.45) is 0. The molecule has 0 unspecified atom stereocenters. The quantitative estimate of drug-likeness (QED) is 0.554. The van der Waals surface area contributed by atoms with E-state index in [1.807, 2.05) is 0 Å². The van der Waals surface area contributed by atoms with E-state index in [-0.39, 0.29) is 27.2 Å². The molecule has 0 fully saturated rings. The monoisotopic (exact) mass is 489 g/mol. The van der Waals surface area contributed by atoms with Crippen molar-refractivity contribution in [3.63, 3.8) is 0 Å². The zero-order chi connectivity index (χ0) is 19.8. The van der Waals surface area contributed by atoms with E-state index in [1.54, 1.807) is 12.1 Å². The van der Waals surface area contributed by atoms with Crippen LogP contribution in [0.15, 0.2) is 57.9 Å². The second-order valence-corrected chi connectivity index (χ2v) is 8.75. The predicted molar refractivity (Wildman–Crippen MR) is 105 cm³/mol. The van der Waals surface area contributed by atoms with Crippen molar-refractivity contribution < 1.29 is 17.9 Å². The highest BCUT2D eigenvalue weighted by atomic mass is 79.9. The number of rotatable bonds is 4. The van der Waals surface area contributed by atoms with E-state index in [9.17, 15) is 13.2 Å². The molecule has 11 heteroatoms. The minimum atomic E-state index is -4.05. The highest BCUT2D eigenvalue weighted by Gasteiger charge is 2.23. The summed E-state index contributed by atoms with van der Waals surface area (Å²) in [5.41, 5.74) is 5.78. The number of aromatic nitrogens is 2. The van der Waals surface area contributed by atoms with Gasteiger partial charge in [0.2, 0.25) is 5.88 Å². The molecule has 0 aliphatic heterocycles. The van der Waals surface area contributed by atoms with Gasteiger partial charge in [0.05, 0.1) is 15.5 Å². The zero-order valence-electron chi connectivity index (χ0n) is 13.3. The molecule has 1 heterocycles. The molecule has 1 aromatic heterocycles. The lowest BCUT2D eigenvalue weighted by Crippen LogP contribution is -2.17. The van der Waals surface area contributed by atoms with Crippen molar-refractivity contribution in [1.29, 1.82) is 0 Å². The number of benzene rings is 2. The van der Waals surface area contributed by atoms with E-state index < -0.39 is 16.0 Å². The van der Waals surface area contributed by atoms with Gasteiger partial charge in [-0.15, -0.1) is 9.19 Å². The van der Waals surface area contributed by atoms with Gasteiger partial charge in [0.15, 0.2) is 0 Å². The van der Waals surface area contributed by atoms with Crippen LogP contribution in [-0.4, -0.2) is 23.6 Å². The number of hydrogen-bond donors (Lipinski definition) is 1. The van der Waals surface area contributed by atoms with E-state index in [0.29, 0.717) is 13.6 Å². The van der Waals surface area contributed by atoms with Gasteiger partial charge < -0.3 is 10.5 Å². The molecule has 0 radical (unpaired) electrons. The second-order valence-electron chi connectivity index (χ2n) is 5.22. The Morgan fingerprint density at radius 2 is 1.78 bits per heavy atom. The standard InChI is InChI=1S/C16H10BrCl2N3O4S/c17-9-1-4-11(5-2-9)27(24,25)22-14(20)8-15(21-22)26-16(23)12-6-3-10(18)7-13(12)19/h1-8H,20H2. The molecule has 0 amide bonds. The Hall–Kier alpha value is -2.07. The fourth-order valence-electron chi connectivity index (χ4n) is 2.11. The first-order chi connectivity index (χ1) is 12.7. The molecule has 2 aromatic carbocycles. The normalized spacial score (nSPS) is 11.4. The number of nitrogens with zero attached hydrogens (tertiary/aromatic N) is 2. The van der Waals surface area contributed by atoms with Crippen LogP contribution >= 0.6 is 39.1 Å². The highest BCUT2D eigenvalue weighted by Crippen LogP contribution is 2.25. The van der Waals surface area contributed by atoms with Gasteiger partial charge in [0, 0.05) is 15.6 Å². The fourth-order valence-corrected chi connectivity index (χ4v) is 4.06. The number of ether oxygens (including phenoxy) is 1. The smallest absolute Gasteiger partial charge is 0.346 e. The lowest BCUT2D eigenvalue weighted by molar-refractivity contribution is 0.0727. The first-order valence-corrected chi connectivity index (χ1v) is 10.2. The zero-order valence-corrected chi connectivity index (χ0v) is 17.2. The maximum atomic E-state index is 12.7. The molecule has 140 valence electrons. The Kier molecular flexibility index (Phi) is 5.48. The summed E-state index contributed by atoms with van der Waals surface area (Å²) in [5.74, 6) is -1.34. The fraction of sp³-hybridized carbons (Fsp3) is 0. The van der Waals surface area contributed by atoms with E-state index >= 15 is 0 Å².